The molecule has 0 saturated carbocycles. The highest BCUT2D eigenvalue weighted by Crippen LogP contribution is 2.36. The van der Waals surface area contributed by atoms with Crippen LogP contribution in [-0.2, 0) is 14.3 Å². The summed E-state index contributed by atoms with van der Waals surface area (Å²) in [6.45, 7) is 7.07. The Kier molecular flexibility index (Phi) is 8.70. The van der Waals surface area contributed by atoms with E-state index in [4.69, 9.17) is 30.2 Å². The van der Waals surface area contributed by atoms with Gasteiger partial charge in [-0.2, -0.15) is 0 Å². The van der Waals surface area contributed by atoms with Crippen LogP contribution in [0.25, 0.3) is 17.4 Å². The van der Waals surface area contributed by atoms with Gasteiger partial charge in [0.2, 0.25) is 0 Å². The van der Waals surface area contributed by atoms with E-state index in [1.165, 1.54) is 29.9 Å². The number of thiazole rings is 1. The lowest BCUT2D eigenvalue weighted by Crippen LogP contribution is -2.40. The van der Waals surface area contributed by atoms with Crippen molar-refractivity contribution in [2.24, 2.45) is 10.9 Å². The van der Waals surface area contributed by atoms with E-state index < -0.39 is 18.0 Å². The van der Waals surface area contributed by atoms with Gasteiger partial charge < -0.3 is 18.6 Å². The number of hydrogen-bond donors (Lipinski definition) is 0. The summed E-state index contributed by atoms with van der Waals surface area (Å²) < 4.78 is 24.2. The quantitative estimate of drug-likeness (QED) is 0.195. The van der Waals surface area contributed by atoms with E-state index in [2.05, 4.69) is 4.99 Å². The Hall–Kier alpha value is -4.41. The lowest BCUT2D eigenvalue weighted by atomic mass is 9.95. The maximum Gasteiger partial charge on any atom is 0.338 e. The first-order valence-electron chi connectivity index (χ1n) is 13.5. The van der Waals surface area contributed by atoms with Crippen LogP contribution in [0.5, 0.6) is 11.5 Å². The number of esters is 2. The second-order valence-corrected chi connectivity index (χ2v) is 11.7. The van der Waals surface area contributed by atoms with Gasteiger partial charge in [-0.25, -0.2) is 9.79 Å². The van der Waals surface area contributed by atoms with Gasteiger partial charge in [0.1, 0.15) is 11.5 Å². The van der Waals surface area contributed by atoms with Crippen molar-refractivity contribution in [1.29, 1.82) is 0 Å². The minimum absolute atomic E-state index is 0.108. The Morgan fingerprint density at radius 3 is 2.60 bits per heavy atom. The van der Waals surface area contributed by atoms with Crippen molar-refractivity contribution < 1.29 is 28.2 Å². The molecule has 2 aromatic heterocycles. The van der Waals surface area contributed by atoms with Gasteiger partial charge in [-0.3, -0.25) is 14.2 Å². The second kappa shape index (κ2) is 12.4. The van der Waals surface area contributed by atoms with Crippen molar-refractivity contribution in [3.63, 3.8) is 0 Å². The van der Waals surface area contributed by atoms with Crippen LogP contribution in [-0.4, -0.2) is 30.2 Å². The number of benzene rings is 2. The van der Waals surface area contributed by atoms with Crippen LogP contribution in [0.2, 0.25) is 5.02 Å². The monoisotopic (exact) mass is 620 g/mol. The molecule has 0 N–H and O–H groups in total. The molecule has 0 bridgehead atoms. The molecule has 2 aromatic carbocycles. The first-order chi connectivity index (χ1) is 20.6. The number of carbonyl (C=O) groups is 2. The van der Waals surface area contributed by atoms with Crippen LogP contribution in [0.15, 0.2) is 80.1 Å². The zero-order chi connectivity index (χ0) is 30.8. The number of furan rings is 1. The minimum atomic E-state index is -0.881. The maximum absolute atomic E-state index is 14.0. The smallest absolute Gasteiger partial charge is 0.338 e. The number of nitrogens with zero attached hydrogens (tertiary/aromatic N) is 2. The molecule has 43 heavy (non-hydrogen) atoms. The van der Waals surface area contributed by atoms with E-state index in [-0.39, 0.29) is 35.2 Å². The second-order valence-electron chi connectivity index (χ2n) is 10.3. The Labute approximate surface area is 256 Å². The third-order valence-electron chi connectivity index (χ3n) is 6.59. The van der Waals surface area contributed by atoms with Gasteiger partial charge in [-0.1, -0.05) is 55.0 Å². The topological polar surface area (TPSA) is 109 Å². The normalized spacial score (nSPS) is 14.9. The highest BCUT2D eigenvalue weighted by Gasteiger charge is 2.34. The third-order valence-corrected chi connectivity index (χ3v) is 7.90. The molecule has 1 aliphatic rings. The first-order valence-corrected chi connectivity index (χ1v) is 14.7. The fourth-order valence-corrected chi connectivity index (χ4v) is 5.93. The largest absolute Gasteiger partial charge is 0.493 e. The Balaban J connectivity index is 1.65. The molecule has 0 spiro atoms. The van der Waals surface area contributed by atoms with Gasteiger partial charge in [0.05, 0.1) is 40.6 Å². The van der Waals surface area contributed by atoms with Crippen LogP contribution < -0.4 is 24.4 Å². The van der Waals surface area contributed by atoms with E-state index in [9.17, 15) is 14.4 Å². The van der Waals surface area contributed by atoms with Crippen LogP contribution in [0.1, 0.15) is 45.1 Å². The van der Waals surface area contributed by atoms with Crippen molar-refractivity contribution in [1.82, 2.24) is 4.57 Å². The maximum atomic E-state index is 14.0. The number of hydrogen-bond acceptors (Lipinski definition) is 9. The first kappa shape index (κ1) is 30.1. The van der Waals surface area contributed by atoms with E-state index >= 15 is 0 Å². The third kappa shape index (κ3) is 6.21. The summed E-state index contributed by atoms with van der Waals surface area (Å²) in [6, 6.07) is 14.9. The highest BCUT2D eigenvalue weighted by molar-refractivity contribution is 7.07. The molecular formula is C32H29ClN2O7S. The van der Waals surface area contributed by atoms with Crippen molar-refractivity contribution in [2.75, 3.05) is 13.7 Å². The molecular weight excluding hydrogens is 592 g/mol. The summed E-state index contributed by atoms with van der Waals surface area (Å²) in [5, 5.41) is 0.547. The Morgan fingerprint density at radius 1 is 1.14 bits per heavy atom. The zero-order valence-corrected chi connectivity index (χ0v) is 25.7. The van der Waals surface area contributed by atoms with Crippen LogP contribution in [0.3, 0.4) is 0 Å². The van der Waals surface area contributed by atoms with Crippen LogP contribution in [0, 0.1) is 5.92 Å². The zero-order valence-electron chi connectivity index (χ0n) is 24.2. The van der Waals surface area contributed by atoms with E-state index in [0.29, 0.717) is 37.1 Å². The van der Waals surface area contributed by atoms with Crippen molar-refractivity contribution >= 4 is 41.0 Å². The summed E-state index contributed by atoms with van der Waals surface area (Å²) in [6.07, 6.45) is 1.64. The molecule has 3 heterocycles. The van der Waals surface area contributed by atoms with Crippen LogP contribution >= 0.6 is 22.9 Å². The molecule has 0 amide bonds. The predicted molar refractivity (Wildman–Crippen MR) is 163 cm³/mol. The molecule has 9 nitrogen and oxygen atoms in total. The van der Waals surface area contributed by atoms with Crippen molar-refractivity contribution in [2.45, 2.75) is 33.7 Å². The van der Waals surface area contributed by atoms with Gasteiger partial charge in [0.15, 0.2) is 16.3 Å². The molecule has 0 unspecified atom stereocenters. The molecule has 11 heteroatoms. The molecule has 5 rings (SSSR count). The Bertz CT molecular complexity index is 1930. The predicted octanol–water partition coefficient (Wildman–Crippen LogP) is 5.28. The number of carbonyl (C=O) groups excluding carboxylic acids is 2. The molecule has 0 fully saturated rings. The van der Waals surface area contributed by atoms with Gasteiger partial charge in [-0.05, 0) is 54.8 Å². The number of methoxy groups -OCH3 is 1. The summed E-state index contributed by atoms with van der Waals surface area (Å²) in [4.78, 5) is 44.1. The lowest BCUT2D eigenvalue weighted by molar-refractivity contribution is -0.140. The molecule has 0 saturated heterocycles. The number of allylic oxidation sites excluding steroid dienone is 1. The van der Waals surface area contributed by atoms with Crippen LogP contribution in [0.4, 0.5) is 0 Å². The number of halogens is 1. The average molecular weight is 621 g/mol. The molecule has 1 atom stereocenters. The van der Waals surface area contributed by atoms with E-state index in [1.54, 1.807) is 49.4 Å². The number of ether oxygens (including phenoxy) is 3. The summed E-state index contributed by atoms with van der Waals surface area (Å²) in [5.74, 6) is 0.516. The highest BCUT2D eigenvalue weighted by atomic mass is 35.5. The van der Waals surface area contributed by atoms with Crippen molar-refractivity contribution in [3.8, 4) is 22.8 Å². The molecule has 1 aliphatic heterocycles. The average Bonchev–Trinajstić information content (AvgIpc) is 3.55. The molecule has 4 aromatic rings. The molecule has 0 radical (unpaired) electrons. The number of aromatic nitrogens is 1. The molecule has 222 valence electrons. The number of rotatable bonds is 8. The SMILES string of the molecule is COc1cc([C@H]2C(C(=O)OCC(C)C)=C(C)N=c3s/c(=C/c4ccc(-c5ccccc5Cl)o4)c(=O)n32)ccc1OC(C)=O. The van der Waals surface area contributed by atoms with E-state index in [0.717, 1.165) is 5.56 Å². The molecule has 0 aliphatic carbocycles. The summed E-state index contributed by atoms with van der Waals surface area (Å²) in [7, 11) is 1.44. The van der Waals surface area contributed by atoms with Crippen molar-refractivity contribution in [3.05, 3.63) is 102 Å². The standard InChI is InChI=1S/C32H29ClN2O7S/c1-17(2)16-40-31(38)28-18(3)34-32-35(29(28)20-10-12-25(41-19(4)36)26(14-20)39-5)30(37)27(43-32)15-21-11-13-24(42-21)22-8-6-7-9-23(22)33/h6-15,17,29H,16H2,1-5H3/b27-15+/t29-/m0/s1. The van der Waals surface area contributed by atoms with Gasteiger partial charge in [0, 0.05) is 18.6 Å². The fourth-order valence-electron chi connectivity index (χ4n) is 4.68. The fraction of sp³-hybridized carbons (Fsp3) is 0.250. The summed E-state index contributed by atoms with van der Waals surface area (Å²) >= 11 is 7.51. The van der Waals surface area contributed by atoms with Gasteiger partial charge >= 0.3 is 11.9 Å². The lowest BCUT2D eigenvalue weighted by Gasteiger charge is -2.25. The van der Waals surface area contributed by atoms with Gasteiger partial charge in [0.25, 0.3) is 5.56 Å². The Morgan fingerprint density at radius 2 is 1.91 bits per heavy atom. The summed E-state index contributed by atoms with van der Waals surface area (Å²) in [5.41, 5.74) is 1.56. The van der Waals surface area contributed by atoms with Gasteiger partial charge in [-0.15, -0.1) is 0 Å². The number of fused-ring (bicyclic) bond motifs is 1. The van der Waals surface area contributed by atoms with E-state index in [1.807, 2.05) is 32.0 Å². The minimum Gasteiger partial charge on any atom is -0.493 e.